The Kier molecular flexibility index (Phi) is 10.9. The second kappa shape index (κ2) is 15.3. The Morgan fingerprint density at radius 2 is 1.94 bits per heavy atom. The molecule has 8 rings (SSSR count). The van der Waals surface area contributed by atoms with E-state index >= 15 is 0 Å². The summed E-state index contributed by atoms with van der Waals surface area (Å²) in [7, 11) is -2.10. The molecule has 6 aliphatic rings. The van der Waals surface area contributed by atoms with Crippen molar-refractivity contribution in [3.63, 3.8) is 0 Å². The van der Waals surface area contributed by atoms with Crippen molar-refractivity contribution >= 4 is 33.2 Å². The molecule has 1 N–H and O–H groups in total. The van der Waals surface area contributed by atoms with Gasteiger partial charge in [0.1, 0.15) is 5.75 Å². The second-order valence-corrected chi connectivity index (χ2v) is 19.5. The number of sulfonamides is 1. The molecule has 0 aromatic heterocycles. The van der Waals surface area contributed by atoms with Gasteiger partial charge in [0.25, 0.3) is 5.91 Å². The highest BCUT2D eigenvalue weighted by Gasteiger charge is 2.49. The fourth-order valence-corrected chi connectivity index (χ4v) is 11.8. The van der Waals surface area contributed by atoms with Crippen molar-refractivity contribution in [1.82, 2.24) is 14.5 Å². The summed E-state index contributed by atoms with van der Waals surface area (Å²) in [4.78, 5) is 21.3. The van der Waals surface area contributed by atoms with Crippen LogP contribution in [-0.4, -0.2) is 114 Å². The van der Waals surface area contributed by atoms with Crippen LogP contribution in [0.4, 0.5) is 5.69 Å². The maximum Gasteiger partial charge on any atom is 0.264 e. The number of benzene rings is 2. The van der Waals surface area contributed by atoms with E-state index in [9.17, 15) is 13.2 Å². The van der Waals surface area contributed by atoms with E-state index in [0.717, 1.165) is 114 Å². The van der Waals surface area contributed by atoms with Crippen LogP contribution in [-0.2, 0) is 31.3 Å². The first-order valence-corrected chi connectivity index (χ1v) is 22.1. The van der Waals surface area contributed by atoms with Crippen LogP contribution < -0.4 is 14.4 Å². The Hall–Kier alpha value is -2.67. The third-order valence-electron chi connectivity index (χ3n) is 14.0. The molecule has 2 aliphatic carbocycles. The minimum Gasteiger partial charge on any atom is -0.490 e. The van der Waals surface area contributed by atoms with Crippen LogP contribution >= 0.6 is 11.6 Å². The summed E-state index contributed by atoms with van der Waals surface area (Å²) in [6, 6.07) is 12.1. The van der Waals surface area contributed by atoms with E-state index in [-0.39, 0.29) is 17.3 Å². The molecule has 1 saturated carbocycles. The normalized spacial score (nSPS) is 35.0. The van der Waals surface area contributed by atoms with E-state index in [4.69, 9.17) is 25.8 Å². The number of carbonyl (C=O) groups is 1. The molecule has 3 fully saturated rings. The number of fused-ring (bicyclic) bond motifs is 5. The minimum atomic E-state index is -3.96. The number of anilines is 1. The standard InChI is InChI=1S/C42H57ClN4O6S/c1-29-6-4-15-42(51-3,16-17-45-18-19-46-20-21-52-26-35(46)25-45)37-11-8-33(37)24-47-27-41(14-5-7-31-22-34(43)10-12-36(31)41)28-53-39-13-9-32(23-38(39)47)40(48)44-54(49,50)30(29)2/h4,9-10,12-13,15,22-23,29-30,33,35,37H,5-8,11,14,16-21,24-28H2,1-3H3,(H,44,48)/b15-4-/t29-,30+,33-,35-,37+,41-,42-/m0/s1. The van der Waals surface area contributed by atoms with Crippen molar-refractivity contribution < 1.29 is 27.4 Å². The lowest BCUT2D eigenvalue weighted by atomic mass is 9.62. The molecule has 1 spiro atoms. The monoisotopic (exact) mass is 780 g/mol. The highest BCUT2D eigenvalue weighted by atomic mass is 35.5. The van der Waals surface area contributed by atoms with Gasteiger partial charge in [-0.15, -0.1) is 0 Å². The quantitative estimate of drug-likeness (QED) is 0.394. The number of methoxy groups -OCH3 is 1. The Balaban J connectivity index is 1.16. The molecule has 4 aliphatic heterocycles. The van der Waals surface area contributed by atoms with Crippen LogP contribution in [0.15, 0.2) is 48.6 Å². The van der Waals surface area contributed by atoms with Crippen molar-refractivity contribution in [2.45, 2.75) is 81.1 Å². The topological polar surface area (TPSA) is 101 Å². The van der Waals surface area contributed by atoms with Gasteiger partial charge in [-0.3, -0.25) is 9.69 Å². The summed E-state index contributed by atoms with van der Waals surface area (Å²) in [5.41, 5.74) is 2.94. The summed E-state index contributed by atoms with van der Waals surface area (Å²) in [6.07, 6.45) is 11.0. The van der Waals surface area contributed by atoms with Crippen molar-refractivity contribution in [1.29, 1.82) is 0 Å². The van der Waals surface area contributed by atoms with Gasteiger partial charge in [0.05, 0.1) is 36.4 Å². The number of carbonyl (C=O) groups excluding carboxylic acids is 1. The molecule has 4 heterocycles. The van der Waals surface area contributed by atoms with E-state index in [1.807, 2.05) is 32.2 Å². The van der Waals surface area contributed by atoms with Gasteiger partial charge in [0.15, 0.2) is 0 Å². The van der Waals surface area contributed by atoms with Crippen LogP contribution in [0.25, 0.3) is 0 Å². The second-order valence-electron chi connectivity index (χ2n) is 17.0. The van der Waals surface area contributed by atoms with E-state index in [2.05, 4.69) is 43.7 Å². The zero-order valence-electron chi connectivity index (χ0n) is 32.1. The number of allylic oxidation sites excluding steroid dienone is 1. The summed E-state index contributed by atoms with van der Waals surface area (Å²) in [6.45, 7) is 12.3. The van der Waals surface area contributed by atoms with Gasteiger partial charge in [-0.1, -0.05) is 36.7 Å². The number of piperazine rings is 1. The van der Waals surface area contributed by atoms with Gasteiger partial charge in [-0.25, -0.2) is 13.1 Å². The third kappa shape index (κ3) is 7.34. The molecule has 2 aromatic rings. The van der Waals surface area contributed by atoms with Crippen molar-refractivity contribution in [3.8, 4) is 5.75 Å². The number of hydrogen-bond acceptors (Lipinski definition) is 9. The van der Waals surface area contributed by atoms with Crippen LogP contribution in [0, 0.1) is 17.8 Å². The fraction of sp³-hybridized carbons (Fsp3) is 0.643. The smallest absolute Gasteiger partial charge is 0.264 e. The maximum atomic E-state index is 13.7. The van der Waals surface area contributed by atoms with Gasteiger partial charge in [0, 0.05) is 75.0 Å². The number of aryl methyl sites for hydroxylation is 1. The van der Waals surface area contributed by atoms with Gasteiger partial charge in [-0.05, 0) is 111 Å². The largest absolute Gasteiger partial charge is 0.490 e. The molecule has 12 heteroatoms. The number of amides is 1. The third-order valence-corrected chi connectivity index (χ3v) is 16.1. The first-order chi connectivity index (χ1) is 26.0. The molecule has 294 valence electrons. The number of morpholine rings is 1. The van der Waals surface area contributed by atoms with Crippen LogP contribution in [0.1, 0.15) is 73.9 Å². The number of halogens is 1. The average molecular weight is 781 g/mol. The van der Waals surface area contributed by atoms with Crippen molar-refractivity contribution in [2.24, 2.45) is 17.8 Å². The SMILES string of the molecule is CO[C@]1(CCN2CCN3CCOC[C@@H]3C2)/C=C\C[C@H](C)[C@@H](C)S(=O)(=O)NC(=O)c2ccc3c(c2)N(C[C@@H]2CC[C@H]21)C[C@@]1(CCCc2cc(Cl)ccc21)CO3. The number of ether oxygens (including phenoxy) is 3. The van der Waals surface area contributed by atoms with E-state index in [0.29, 0.717) is 30.6 Å². The van der Waals surface area contributed by atoms with Crippen molar-refractivity contribution in [2.75, 3.05) is 77.6 Å². The summed E-state index contributed by atoms with van der Waals surface area (Å²) in [5, 5.41) is -0.0278. The lowest BCUT2D eigenvalue weighted by molar-refractivity contribution is -0.0898. The number of nitrogens with zero attached hydrogens (tertiary/aromatic N) is 3. The van der Waals surface area contributed by atoms with Crippen LogP contribution in [0.3, 0.4) is 0 Å². The number of nitrogens with one attached hydrogen (secondary N) is 1. The predicted octanol–water partition coefficient (Wildman–Crippen LogP) is 5.68. The number of rotatable bonds is 4. The lowest BCUT2D eigenvalue weighted by Crippen LogP contribution is -2.59. The van der Waals surface area contributed by atoms with Crippen LogP contribution in [0.2, 0.25) is 5.02 Å². The highest BCUT2D eigenvalue weighted by molar-refractivity contribution is 7.90. The van der Waals surface area contributed by atoms with Gasteiger partial charge in [0.2, 0.25) is 10.0 Å². The molecule has 1 amide bonds. The Morgan fingerprint density at radius 1 is 1.07 bits per heavy atom. The summed E-state index contributed by atoms with van der Waals surface area (Å²) in [5.74, 6) is 0.504. The predicted molar refractivity (Wildman–Crippen MR) is 212 cm³/mol. The zero-order chi connectivity index (χ0) is 37.7. The first-order valence-electron chi connectivity index (χ1n) is 20.1. The summed E-state index contributed by atoms with van der Waals surface area (Å²) >= 11 is 6.51. The molecule has 2 aromatic carbocycles. The van der Waals surface area contributed by atoms with Gasteiger partial charge < -0.3 is 24.0 Å². The Bertz CT molecular complexity index is 1860. The molecule has 0 radical (unpaired) electrons. The fourth-order valence-electron chi connectivity index (χ4n) is 10.3. The number of hydrogen-bond donors (Lipinski definition) is 1. The average Bonchev–Trinajstić information content (AvgIpc) is 3.30. The van der Waals surface area contributed by atoms with Crippen LogP contribution in [0.5, 0.6) is 5.75 Å². The molecule has 7 atom stereocenters. The zero-order valence-corrected chi connectivity index (χ0v) is 33.7. The molecule has 2 bridgehead atoms. The molecule has 54 heavy (non-hydrogen) atoms. The molecule has 2 saturated heterocycles. The minimum absolute atomic E-state index is 0.217. The molecular weight excluding hydrogens is 724 g/mol. The Morgan fingerprint density at radius 3 is 2.76 bits per heavy atom. The van der Waals surface area contributed by atoms with E-state index < -0.39 is 26.8 Å². The summed E-state index contributed by atoms with van der Waals surface area (Å²) < 4.78 is 48.9. The molecule has 10 nitrogen and oxygen atoms in total. The van der Waals surface area contributed by atoms with Crippen molar-refractivity contribution in [3.05, 3.63) is 70.3 Å². The van der Waals surface area contributed by atoms with Gasteiger partial charge in [-0.2, -0.15) is 0 Å². The first kappa shape index (κ1) is 38.2. The maximum absolute atomic E-state index is 13.7. The molecule has 0 unspecified atom stereocenters. The Labute approximate surface area is 326 Å². The highest BCUT2D eigenvalue weighted by Crippen LogP contribution is 2.50. The van der Waals surface area contributed by atoms with E-state index in [1.165, 1.54) is 11.1 Å². The molecular formula is C42H57ClN4O6S. The lowest BCUT2D eigenvalue weighted by Gasteiger charge is -2.51. The van der Waals surface area contributed by atoms with E-state index in [1.54, 1.807) is 13.0 Å². The van der Waals surface area contributed by atoms with Gasteiger partial charge >= 0.3 is 0 Å².